The minimum Gasteiger partial charge on any atom is -0.504 e. The van der Waals surface area contributed by atoms with Crippen molar-refractivity contribution in [1.82, 2.24) is 5.32 Å². The number of hydrogen-bond acceptors (Lipinski definition) is 3. The Hall–Kier alpha value is -1.77. The Morgan fingerprint density at radius 2 is 1.80 bits per heavy atom. The number of nitrogens with one attached hydrogen (secondary N) is 1. The molecule has 0 spiro atoms. The molecule has 0 saturated carbocycles. The summed E-state index contributed by atoms with van der Waals surface area (Å²) >= 11 is 15.6. The molecule has 0 fully saturated rings. The normalized spacial score (nSPS) is 11.3. The highest BCUT2D eigenvalue weighted by molar-refractivity contribution is 7.82. The lowest BCUT2D eigenvalue weighted by atomic mass is 10.1. The zero-order valence-electron chi connectivity index (χ0n) is 12.3. The van der Waals surface area contributed by atoms with Gasteiger partial charge in [-0.25, -0.2) is 9.10 Å². The van der Waals surface area contributed by atoms with Gasteiger partial charge in [0.1, 0.15) is 5.69 Å². The van der Waals surface area contributed by atoms with E-state index in [9.17, 15) is 23.1 Å². The molecule has 4 nitrogen and oxygen atoms in total. The molecule has 2 amide bonds. The third kappa shape index (κ3) is 4.87. The van der Waals surface area contributed by atoms with Gasteiger partial charge in [0.15, 0.2) is 5.75 Å². The molecule has 0 aliphatic carbocycles. The van der Waals surface area contributed by atoms with E-state index in [1.54, 1.807) is 0 Å². The zero-order valence-corrected chi connectivity index (χ0v) is 14.7. The molecule has 0 radical (unpaired) electrons. The average molecular weight is 411 g/mol. The van der Waals surface area contributed by atoms with Gasteiger partial charge in [-0.05, 0) is 29.8 Å². The predicted octanol–water partition coefficient (Wildman–Crippen LogP) is 5.28. The Kier molecular flexibility index (Phi) is 5.97. The highest BCUT2D eigenvalue weighted by atomic mass is 35.5. The first kappa shape index (κ1) is 19.6. The van der Waals surface area contributed by atoms with Crippen molar-refractivity contribution in [3.63, 3.8) is 0 Å². The highest BCUT2D eigenvalue weighted by Gasteiger charge is 2.29. The van der Waals surface area contributed by atoms with E-state index in [2.05, 4.69) is 18.1 Å². The molecule has 2 aromatic rings. The first-order valence-corrected chi connectivity index (χ1v) is 7.86. The summed E-state index contributed by atoms with van der Waals surface area (Å²) in [5, 5.41) is 12.4. The quantitative estimate of drug-likeness (QED) is 0.602. The van der Waals surface area contributed by atoms with Crippen LogP contribution in [0, 0.1) is 0 Å². The number of carbonyl (C=O) groups excluding carboxylic acids is 1. The Balaban J connectivity index is 2.05. The number of halogens is 5. The second-order valence-electron chi connectivity index (χ2n) is 4.92. The number of hydrogen-bond donors (Lipinski definition) is 3. The number of anilines is 1. The van der Waals surface area contributed by atoms with Gasteiger partial charge in [-0.1, -0.05) is 48.1 Å². The summed E-state index contributed by atoms with van der Waals surface area (Å²) < 4.78 is 38.3. The molecular formula is C15H11Cl2F3N2O2S. The Bertz CT molecular complexity index is 786. The van der Waals surface area contributed by atoms with E-state index in [0.29, 0.717) is 5.56 Å². The number of amides is 2. The number of phenolic OH excluding ortho intramolecular Hbond substituents is 1. The van der Waals surface area contributed by atoms with Gasteiger partial charge in [0.25, 0.3) is 0 Å². The zero-order chi connectivity index (χ0) is 18.8. The van der Waals surface area contributed by atoms with Gasteiger partial charge < -0.3 is 10.4 Å². The topological polar surface area (TPSA) is 52.6 Å². The van der Waals surface area contributed by atoms with E-state index < -0.39 is 17.8 Å². The van der Waals surface area contributed by atoms with E-state index in [0.717, 1.165) is 16.4 Å². The Morgan fingerprint density at radius 3 is 2.36 bits per heavy atom. The number of benzene rings is 2. The molecule has 0 aliphatic heterocycles. The van der Waals surface area contributed by atoms with Gasteiger partial charge in [0.05, 0.1) is 10.6 Å². The number of phenols is 1. The third-order valence-corrected chi connectivity index (χ3v) is 4.06. The monoisotopic (exact) mass is 410 g/mol. The van der Waals surface area contributed by atoms with Gasteiger partial charge >= 0.3 is 12.2 Å². The SMILES string of the molecule is O=C(NCc1ccc(C(F)(F)F)cc1)N(S)c1cc(Cl)cc(Cl)c1O. The van der Waals surface area contributed by atoms with Crippen LogP contribution in [-0.4, -0.2) is 11.1 Å². The number of alkyl halides is 3. The summed E-state index contributed by atoms with van der Waals surface area (Å²) in [6.45, 7) is -0.0386. The Morgan fingerprint density at radius 1 is 1.20 bits per heavy atom. The molecule has 0 heterocycles. The van der Waals surface area contributed by atoms with Crippen molar-refractivity contribution >= 4 is 47.7 Å². The molecule has 0 bridgehead atoms. The maximum atomic E-state index is 12.5. The second kappa shape index (κ2) is 7.63. The third-order valence-electron chi connectivity index (χ3n) is 3.15. The number of aromatic hydroxyl groups is 1. The number of thiol groups is 1. The van der Waals surface area contributed by atoms with Crippen molar-refractivity contribution in [2.24, 2.45) is 0 Å². The first-order valence-electron chi connectivity index (χ1n) is 6.70. The van der Waals surface area contributed by atoms with Gasteiger partial charge in [-0.2, -0.15) is 13.2 Å². The number of carbonyl (C=O) groups is 1. The summed E-state index contributed by atoms with van der Waals surface area (Å²) in [5.41, 5.74) is -0.362. The summed E-state index contributed by atoms with van der Waals surface area (Å²) in [7, 11) is 0. The minimum absolute atomic E-state index is 0.0363. The van der Waals surface area contributed by atoms with Crippen LogP contribution in [-0.2, 0) is 12.7 Å². The molecule has 134 valence electrons. The van der Waals surface area contributed by atoms with Crippen molar-refractivity contribution in [1.29, 1.82) is 0 Å². The van der Waals surface area contributed by atoms with Crippen LogP contribution in [0.3, 0.4) is 0 Å². The summed E-state index contributed by atoms with van der Waals surface area (Å²) in [5.74, 6) is -0.384. The van der Waals surface area contributed by atoms with Crippen LogP contribution in [0.15, 0.2) is 36.4 Å². The first-order chi connectivity index (χ1) is 11.6. The summed E-state index contributed by atoms with van der Waals surface area (Å²) in [4.78, 5) is 12.1. The molecule has 2 N–H and O–H groups in total. The van der Waals surface area contributed by atoms with Crippen LogP contribution < -0.4 is 9.62 Å². The molecule has 2 aromatic carbocycles. The second-order valence-corrected chi connectivity index (χ2v) is 6.16. The van der Waals surface area contributed by atoms with Gasteiger partial charge in [0, 0.05) is 11.6 Å². The average Bonchev–Trinajstić information content (AvgIpc) is 2.54. The smallest absolute Gasteiger partial charge is 0.416 e. The van der Waals surface area contributed by atoms with Crippen LogP contribution in [0.1, 0.15) is 11.1 Å². The van der Waals surface area contributed by atoms with E-state index in [1.165, 1.54) is 24.3 Å². The lowest BCUT2D eigenvalue weighted by Gasteiger charge is -2.18. The Labute approximate surface area is 156 Å². The molecule has 0 unspecified atom stereocenters. The van der Waals surface area contributed by atoms with Crippen LogP contribution in [0.4, 0.5) is 23.7 Å². The summed E-state index contributed by atoms with van der Waals surface area (Å²) in [6, 6.07) is 6.19. The van der Waals surface area contributed by atoms with Crippen molar-refractivity contribution in [3.05, 3.63) is 57.6 Å². The van der Waals surface area contributed by atoms with Gasteiger partial charge in [-0.3, -0.25) is 0 Å². The number of urea groups is 1. The standard InChI is InChI=1S/C15H11Cl2F3N2O2S/c16-10-5-11(17)13(23)12(6-10)22(25)14(24)21-7-8-1-3-9(4-2-8)15(18,19)20/h1-6,23,25H,7H2,(H,21,24). The minimum atomic E-state index is -4.42. The molecule has 0 atom stereocenters. The fraction of sp³-hybridized carbons (Fsp3) is 0.133. The number of rotatable bonds is 3. The van der Waals surface area contributed by atoms with Gasteiger partial charge in [0.2, 0.25) is 0 Å². The maximum absolute atomic E-state index is 12.5. The molecule has 0 aromatic heterocycles. The van der Waals surface area contributed by atoms with Crippen molar-refractivity contribution in [2.45, 2.75) is 12.7 Å². The van der Waals surface area contributed by atoms with Crippen LogP contribution >= 0.6 is 36.0 Å². The molecule has 10 heteroatoms. The lowest BCUT2D eigenvalue weighted by Crippen LogP contribution is -2.33. The summed E-state index contributed by atoms with van der Waals surface area (Å²) in [6.07, 6.45) is -4.42. The molecule has 25 heavy (non-hydrogen) atoms. The molecule has 2 rings (SSSR count). The number of nitrogens with zero attached hydrogens (tertiary/aromatic N) is 1. The maximum Gasteiger partial charge on any atom is 0.416 e. The predicted molar refractivity (Wildman–Crippen MR) is 93.3 cm³/mol. The van der Waals surface area contributed by atoms with Crippen molar-refractivity contribution < 1.29 is 23.1 Å². The molecule has 0 saturated heterocycles. The lowest BCUT2D eigenvalue weighted by molar-refractivity contribution is -0.137. The van der Waals surface area contributed by atoms with Gasteiger partial charge in [-0.15, -0.1) is 0 Å². The van der Waals surface area contributed by atoms with Crippen molar-refractivity contribution in [2.75, 3.05) is 4.31 Å². The highest BCUT2D eigenvalue weighted by Crippen LogP contribution is 2.38. The van der Waals surface area contributed by atoms with Crippen LogP contribution in [0.25, 0.3) is 0 Å². The van der Waals surface area contributed by atoms with Crippen molar-refractivity contribution in [3.8, 4) is 5.75 Å². The van der Waals surface area contributed by atoms with Crippen LogP contribution in [0.2, 0.25) is 10.0 Å². The van der Waals surface area contributed by atoms with E-state index in [-0.39, 0.29) is 28.0 Å². The van der Waals surface area contributed by atoms with E-state index >= 15 is 0 Å². The molecular weight excluding hydrogens is 400 g/mol. The van der Waals surface area contributed by atoms with Crippen LogP contribution in [0.5, 0.6) is 5.75 Å². The fourth-order valence-corrected chi connectivity index (χ4v) is 2.59. The van der Waals surface area contributed by atoms with E-state index in [4.69, 9.17) is 23.2 Å². The molecule has 0 aliphatic rings. The fourth-order valence-electron chi connectivity index (χ4n) is 1.89. The van der Waals surface area contributed by atoms with E-state index in [1.807, 2.05) is 0 Å². The largest absolute Gasteiger partial charge is 0.504 e.